The summed E-state index contributed by atoms with van der Waals surface area (Å²) in [6.07, 6.45) is 4.55. The quantitative estimate of drug-likeness (QED) is 0.468. The summed E-state index contributed by atoms with van der Waals surface area (Å²) in [4.78, 5) is 0. The van der Waals surface area contributed by atoms with E-state index in [0.29, 0.717) is 5.92 Å². The van der Waals surface area contributed by atoms with Crippen LogP contribution in [0.15, 0.2) is 54.6 Å². The third-order valence-electron chi connectivity index (χ3n) is 4.16. The van der Waals surface area contributed by atoms with Crippen molar-refractivity contribution in [1.82, 2.24) is 0 Å². The van der Waals surface area contributed by atoms with Gasteiger partial charge in [0.1, 0.15) is 0 Å². The van der Waals surface area contributed by atoms with Gasteiger partial charge < -0.3 is 5.32 Å². The number of hydrogen-bond acceptors (Lipinski definition) is 0. The summed E-state index contributed by atoms with van der Waals surface area (Å²) in [5.74, 6) is 0.352. The Labute approximate surface area is 168 Å². The Kier molecular flexibility index (Phi) is 7.79. The zero-order valence-electron chi connectivity index (χ0n) is 15.1. The molecule has 132 valence electrons. The van der Waals surface area contributed by atoms with Crippen molar-refractivity contribution in [3.8, 4) is 0 Å². The summed E-state index contributed by atoms with van der Waals surface area (Å²) >= 11 is -0.556. The Hall–Kier alpha value is -0.566. The average Bonchev–Trinajstić information content (AvgIpc) is 2.98. The maximum absolute atomic E-state index is 4.94. The van der Waals surface area contributed by atoms with Gasteiger partial charge in [0, 0.05) is 5.92 Å². The van der Waals surface area contributed by atoms with Crippen LogP contribution in [0.2, 0.25) is 0 Å². The Morgan fingerprint density at radius 1 is 0.960 bits per heavy atom. The van der Waals surface area contributed by atoms with Crippen LogP contribution in [-0.2, 0) is 17.0 Å². The van der Waals surface area contributed by atoms with Crippen molar-refractivity contribution in [2.24, 2.45) is 0 Å². The van der Waals surface area contributed by atoms with Crippen molar-refractivity contribution in [1.29, 1.82) is 0 Å². The van der Waals surface area contributed by atoms with E-state index in [9.17, 15) is 0 Å². The predicted molar refractivity (Wildman–Crippen MR) is 107 cm³/mol. The molecule has 0 fully saturated rings. The number of allylic oxidation sites excluding steroid dienone is 1. The van der Waals surface area contributed by atoms with Crippen LogP contribution in [0.3, 0.4) is 0 Å². The first-order valence-electron chi connectivity index (χ1n) is 8.41. The molecule has 0 N–H and O–H groups in total. The van der Waals surface area contributed by atoms with Crippen molar-refractivity contribution < 1.29 is 17.0 Å². The van der Waals surface area contributed by atoms with E-state index >= 15 is 0 Å². The summed E-state index contributed by atoms with van der Waals surface area (Å²) in [7, 11) is 9.78. The van der Waals surface area contributed by atoms with Gasteiger partial charge in [0.25, 0.3) is 0 Å². The van der Waals surface area contributed by atoms with Crippen molar-refractivity contribution in [3.63, 3.8) is 0 Å². The molecule has 2 aromatic carbocycles. The Morgan fingerprint density at radius 3 is 2.16 bits per heavy atom. The van der Waals surface area contributed by atoms with Gasteiger partial charge in [0.2, 0.25) is 0 Å². The third-order valence-corrected chi connectivity index (χ3v) is 4.16. The van der Waals surface area contributed by atoms with E-state index in [-0.39, 0.29) is 11.6 Å². The predicted octanol–water partition coefficient (Wildman–Crippen LogP) is 7.46. The molecule has 0 radical (unpaired) electrons. The van der Waals surface area contributed by atoms with Gasteiger partial charge in [-0.25, -0.2) is 0 Å². The van der Waals surface area contributed by atoms with E-state index in [4.69, 9.17) is 23.9 Å². The number of halogens is 2. The first kappa shape index (κ1) is 20.7. The molecule has 2 atom stereocenters. The second-order valence-electron chi connectivity index (χ2n) is 7.14. The zero-order chi connectivity index (χ0) is 18.4. The Balaban J connectivity index is 0.000000701. The molecule has 0 bridgehead atoms. The molecule has 0 aromatic heterocycles. The molecule has 1 nitrogen and oxygen atoms in total. The van der Waals surface area contributed by atoms with Gasteiger partial charge in [0.15, 0.2) is 0 Å². The number of nitrogens with zero attached hydrogens (tertiary/aromatic N) is 1. The summed E-state index contributed by atoms with van der Waals surface area (Å²) in [6.45, 7) is 8.69. The summed E-state index contributed by atoms with van der Waals surface area (Å²) in [6, 6.07) is 17.6. The van der Waals surface area contributed by atoms with Gasteiger partial charge in [0.05, 0.1) is 0 Å². The molecule has 0 saturated carbocycles. The fourth-order valence-corrected chi connectivity index (χ4v) is 3.35. The topological polar surface area (TPSA) is 14.1 Å². The van der Waals surface area contributed by atoms with Crippen LogP contribution >= 0.6 is 18.6 Å². The summed E-state index contributed by atoms with van der Waals surface area (Å²) < 4.78 is 0. The average molecular weight is 409 g/mol. The number of fused-ring (bicyclic) bond motifs is 1. The molecule has 0 saturated heterocycles. The molecule has 25 heavy (non-hydrogen) atoms. The van der Waals surface area contributed by atoms with Crippen LogP contribution in [0, 0.1) is 0 Å². The van der Waals surface area contributed by atoms with E-state index in [1.807, 2.05) is 0 Å². The maximum atomic E-state index is 4.94. The van der Waals surface area contributed by atoms with Crippen molar-refractivity contribution in [2.45, 2.75) is 45.2 Å². The van der Waals surface area contributed by atoms with Crippen molar-refractivity contribution >= 4 is 24.7 Å². The zero-order valence-corrected chi connectivity index (χ0v) is 18.2. The van der Waals surface area contributed by atoms with Crippen LogP contribution in [0.5, 0.6) is 0 Å². The number of hydrogen-bond donors (Lipinski definition) is 0. The van der Waals surface area contributed by atoms with Crippen molar-refractivity contribution in [2.75, 3.05) is 0 Å². The van der Waals surface area contributed by atoms with Crippen LogP contribution < -0.4 is 0 Å². The second kappa shape index (κ2) is 9.39. The number of rotatable bonds is 3. The fourth-order valence-electron chi connectivity index (χ4n) is 3.35. The molecule has 4 heteroatoms. The number of benzene rings is 2. The van der Waals surface area contributed by atoms with Gasteiger partial charge in [-0.2, -0.15) is 0 Å². The van der Waals surface area contributed by atoms with Crippen LogP contribution in [0.25, 0.3) is 11.4 Å². The molecule has 0 amide bonds. The third kappa shape index (κ3) is 5.71. The van der Waals surface area contributed by atoms with E-state index in [0.717, 1.165) is 0 Å². The van der Waals surface area contributed by atoms with Gasteiger partial charge in [-0.15, -0.1) is 11.6 Å². The molecular formula is C21H24Cl2NTi-. The SMILES string of the molecule is CC([N-]C(C)(C)C)c1ccccc1C1C=Cc2ccccc21.[Cl][Ti][Cl]. The van der Waals surface area contributed by atoms with Crippen LogP contribution in [0.1, 0.15) is 61.9 Å². The molecule has 2 aromatic rings. The normalized spacial score (nSPS) is 16.6. The van der Waals surface area contributed by atoms with Crippen molar-refractivity contribution in [3.05, 3.63) is 82.2 Å². The monoisotopic (exact) mass is 408 g/mol. The molecule has 0 spiro atoms. The minimum atomic E-state index is -0.556. The molecule has 0 heterocycles. The van der Waals surface area contributed by atoms with Gasteiger partial charge in [-0.3, -0.25) is 0 Å². The molecule has 2 unspecified atom stereocenters. The second-order valence-corrected chi connectivity index (χ2v) is 9.72. The fraction of sp³-hybridized carbons (Fsp3) is 0.333. The Bertz CT molecular complexity index is 722. The van der Waals surface area contributed by atoms with E-state index < -0.39 is 17.0 Å². The van der Waals surface area contributed by atoms with Crippen LogP contribution in [-0.4, -0.2) is 5.54 Å². The van der Waals surface area contributed by atoms with Gasteiger partial charge >= 0.3 is 35.6 Å². The molecule has 3 rings (SSSR count). The van der Waals surface area contributed by atoms with E-state index in [1.165, 1.54) is 22.3 Å². The summed E-state index contributed by atoms with van der Waals surface area (Å²) in [5.41, 5.74) is 5.43. The van der Waals surface area contributed by atoms with Gasteiger partial charge in [-0.05, 0) is 16.7 Å². The van der Waals surface area contributed by atoms with E-state index in [1.54, 1.807) is 0 Å². The first-order chi connectivity index (χ1) is 11.9. The van der Waals surface area contributed by atoms with Gasteiger partial charge in [-0.1, -0.05) is 93.9 Å². The molecule has 1 aliphatic carbocycles. The van der Waals surface area contributed by atoms with E-state index in [2.05, 4.69) is 88.4 Å². The van der Waals surface area contributed by atoms with Crippen LogP contribution in [0.4, 0.5) is 0 Å². The summed E-state index contributed by atoms with van der Waals surface area (Å²) in [5, 5.41) is 4.94. The molecule has 1 aliphatic rings. The minimum absolute atomic E-state index is 0.0179. The molecular weight excluding hydrogens is 385 g/mol. The Morgan fingerprint density at radius 2 is 1.52 bits per heavy atom. The standard InChI is InChI=1S/C21H24N.2ClH.Ti/c1-15(22-21(2,3)4)17-10-7-8-12-19(17)20-14-13-16-9-5-6-11-18(16)20;;;/h5-15,20H,1-4H3;2*1H;/q-1;;;+2/p-2. The first-order valence-corrected chi connectivity index (χ1v) is 12.7. The molecule has 0 aliphatic heterocycles.